The minimum absolute atomic E-state index is 0.700. The van der Waals surface area contributed by atoms with Crippen LogP contribution in [0.1, 0.15) is 0 Å². The highest BCUT2D eigenvalue weighted by Gasteiger charge is 2.18. The van der Waals surface area contributed by atoms with E-state index in [9.17, 15) is 0 Å². The van der Waals surface area contributed by atoms with E-state index in [1.807, 2.05) is 18.2 Å². The van der Waals surface area contributed by atoms with Crippen molar-refractivity contribution < 1.29 is 0 Å². The van der Waals surface area contributed by atoms with Gasteiger partial charge in [0.25, 0.3) is 0 Å². The average molecular weight is 726 g/mol. The van der Waals surface area contributed by atoms with Gasteiger partial charge in [0.1, 0.15) is 0 Å². The Labute approximate surface area is 330 Å². The summed E-state index contributed by atoms with van der Waals surface area (Å²) in [6.45, 7) is 0. The standard InChI is InChI=1S/C54H35N3/c1-3-15-36(16-4-1)40-33-39-19-7-8-20-42(39)49(34-40)51-35-50(55-54(56-51)38-17-5-2-6-18-38)46-32-31-43(44-21-9-10-22-45(44)46)37-27-29-41(30-28-37)57-52-25-13-11-23-47(52)48-24-12-14-26-53(48)57/h1-35H. The highest BCUT2D eigenvalue weighted by atomic mass is 15.0. The minimum Gasteiger partial charge on any atom is -0.309 e. The van der Waals surface area contributed by atoms with Crippen molar-refractivity contribution in [1.29, 1.82) is 0 Å². The van der Waals surface area contributed by atoms with Gasteiger partial charge in [0, 0.05) is 33.2 Å². The summed E-state index contributed by atoms with van der Waals surface area (Å²) in [4.78, 5) is 10.6. The maximum absolute atomic E-state index is 5.29. The molecule has 57 heavy (non-hydrogen) atoms. The smallest absolute Gasteiger partial charge is 0.160 e. The molecule has 9 aromatic carbocycles. The molecule has 0 fully saturated rings. The van der Waals surface area contributed by atoms with Crippen LogP contribution in [0.2, 0.25) is 0 Å². The van der Waals surface area contributed by atoms with E-state index in [1.54, 1.807) is 0 Å². The molecular weight excluding hydrogens is 691 g/mol. The van der Waals surface area contributed by atoms with Crippen LogP contribution in [0.25, 0.3) is 105 Å². The summed E-state index contributed by atoms with van der Waals surface area (Å²) in [6, 6.07) is 75.7. The predicted octanol–water partition coefficient (Wildman–Crippen LogP) is 14.2. The molecule has 11 rings (SSSR count). The monoisotopic (exact) mass is 725 g/mol. The van der Waals surface area contributed by atoms with Gasteiger partial charge in [-0.15, -0.1) is 0 Å². The van der Waals surface area contributed by atoms with E-state index in [1.165, 1.54) is 49.3 Å². The molecule has 2 heterocycles. The number of aromatic nitrogens is 3. The van der Waals surface area contributed by atoms with Gasteiger partial charge in [0.05, 0.1) is 22.4 Å². The molecule has 0 aliphatic carbocycles. The summed E-state index contributed by atoms with van der Waals surface area (Å²) >= 11 is 0. The SMILES string of the molecule is c1ccc(-c2cc(-c3cc(-c4ccc(-c5ccc(-n6c7ccccc7c7ccccc76)cc5)c5ccccc45)nc(-c4ccccc4)n3)c3ccccc3c2)cc1. The largest absolute Gasteiger partial charge is 0.309 e. The van der Waals surface area contributed by atoms with Crippen molar-refractivity contribution in [3.8, 4) is 61.8 Å². The first-order chi connectivity index (χ1) is 28.3. The zero-order valence-corrected chi connectivity index (χ0v) is 31.0. The van der Waals surface area contributed by atoms with Crippen molar-refractivity contribution in [2.24, 2.45) is 0 Å². The van der Waals surface area contributed by atoms with Crippen LogP contribution in [0.5, 0.6) is 0 Å². The molecule has 0 bridgehead atoms. The Morgan fingerprint density at radius 2 is 0.807 bits per heavy atom. The Kier molecular flexibility index (Phi) is 7.82. The molecule has 3 heteroatoms. The summed E-state index contributed by atoms with van der Waals surface area (Å²) in [5, 5.41) is 7.18. The van der Waals surface area contributed by atoms with Crippen LogP contribution in [0, 0.1) is 0 Å². The van der Waals surface area contributed by atoms with Crippen LogP contribution in [0.15, 0.2) is 212 Å². The van der Waals surface area contributed by atoms with Gasteiger partial charge in [-0.25, -0.2) is 9.97 Å². The molecule has 0 unspecified atom stereocenters. The summed E-state index contributed by atoms with van der Waals surface area (Å²) in [5.41, 5.74) is 13.1. The number of hydrogen-bond donors (Lipinski definition) is 0. The maximum Gasteiger partial charge on any atom is 0.160 e. The van der Waals surface area contributed by atoms with Crippen LogP contribution in [0.4, 0.5) is 0 Å². The van der Waals surface area contributed by atoms with Crippen LogP contribution in [-0.2, 0) is 0 Å². The molecule has 0 amide bonds. The van der Waals surface area contributed by atoms with Crippen molar-refractivity contribution in [3.63, 3.8) is 0 Å². The fourth-order valence-corrected chi connectivity index (χ4v) is 8.52. The molecule has 0 saturated carbocycles. The van der Waals surface area contributed by atoms with E-state index < -0.39 is 0 Å². The molecule has 0 atom stereocenters. The normalized spacial score (nSPS) is 11.5. The second-order valence-corrected chi connectivity index (χ2v) is 14.6. The van der Waals surface area contributed by atoms with Crippen LogP contribution >= 0.6 is 0 Å². The van der Waals surface area contributed by atoms with Gasteiger partial charge in [-0.05, 0) is 86.3 Å². The Balaban J connectivity index is 1.07. The number of nitrogens with zero attached hydrogens (tertiary/aromatic N) is 3. The summed E-state index contributed by atoms with van der Waals surface area (Å²) < 4.78 is 2.37. The maximum atomic E-state index is 5.29. The number of fused-ring (bicyclic) bond motifs is 5. The van der Waals surface area contributed by atoms with Gasteiger partial charge in [-0.1, -0.05) is 170 Å². The third-order valence-electron chi connectivity index (χ3n) is 11.2. The van der Waals surface area contributed by atoms with Gasteiger partial charge in [0.2, 0.25) is 0 Å². The second-order valence-electron chi connectivity index (χ2n) is 14.6. The number of rotatable bonds is 6. The summed E-state index contributed by atoms with van der Waals surface area (Å²) in [7, 11) is 0. The molecule has 0 saturated heterocycles. The minimum atomic E-state index is 0.700. The van der Waals surface area contributed by atoms with Gasteiger partial charge in [0.15, 0.2) is 5.82 Å². The Hall–Kier alpha value is -7.62. The fraction of sp³-hybridized carbons (Fsp3) is 0. The molecule has 11 aromatic rings. The number of para-hydroxylation sites is 2. The molecular formula is C54H35N3. The molecule has 0 N–H and O–H groups in total. The van der Waals surface area contributed by atoms with Crippen LogP contribution in [-0.4, -0.2) is 14.5 Å². The van der Waals surface area contributed by atoms with Crippen molar-refractivity contribution >= 4 is 43.4 Å². The first-order valence-corrected chi connectivity index (χ1v) is 19.4. The third-order valence-corrected chi connectivity index (χ3v) is 11.2. The van der Waals surface area contributed by atoms with Gasteiger partial charge < -0.3 is 4.57 Å². The highest BCUT2D eigenvalue weighted by Crippen LogP contribution is 2.40. The van der Waals surface area contributed by atoms with E-state index in [0.29, 0.717) is 5.82 Å². The molecule has 0 aliphatic rings. The molecule has 0 aliphatic heterocycles. The first-order valence-electron chi connectivity index (χ1n) is 19.4. The first kappa shape index (κ1) is 32.8. The summed E-state index contributed by atoms with van der Waals surface area (Å²) in [5.74, 6) is 0.700. The quantitative estimate of drug-likeness (QED) is 0.171. The van der Waals surface area contributed by atoms with E-state index in [0.717, 1.165) is 50.1 Å². The van der Waals surface area contributed by atoms with E-state index in [-0.39, 0.29) is 0 Å². The molecule has 266 valence electrons. The lowest BCUT2D eigenvalue weighted by atomic mass is 9.92. The van der Waals surface area contributed by atoms with Crippen LogP contribution in [0.3, 0.4) is 0 Å². The number of hydrogen-bond acceptors (Lipinski definition) is 2. The van der Waals surface area contributed by atoms with Crippen molar-refractivity contribution in [3.05, 3.63) is 212 Å². The molecule has 2 aromatic heterocycles. The van der Waals surface area contributed by atoms with Gasteiger partial charge in [-0.3, -0.25) is 0 Å². The van der Waals surface area contributed by atoms with E-state index in [4.69, 9.17) is 9.97 Å². The fourth-order valence-electron chi connectivity index (χ4n) is 8.52. The van der Waals surface area contributed by atoms with Gasteiger partial charge >= 0.3 is 0 Å². The zero-order valence-electron chi connectivity index (χ0n) is 31.0. The average Bonchev–Trinajstić information content (AvgIpc) is 3.63. The summed E-state index contributed by atoms with van der Waals surface area (Å²) in [6.07, 6.45) is 0. The predicted molar refractivity (Wildman–Crippen MR) is 239 cm³/mol. The Morgan fingerprint density at radius 3 is 1.47 bits per heavy atom. The van der Waals surface area contributed by atoms with Crippen LogP contribution < -0.4 is 0 Å². The lowest BCUT2D eigenvalue weighted by Crippen LogP contribution is -1.97. The van der Waals surface area contributed by atoms with Gasteiger partial charge in [-0.2, -0.15) is 0 Å². The molecule has 3 nitrogen and oxygen atoms in total. The number of benzene rings is 9. The lowest BCUT2D eigenvalue weighted by molar-refractivity contribution is 1.18. The lowest BCUT2D eigenvalue weighted by Gasteiger charge is -2.16. The second kappa shape index (κ2) is 13.6. The molecule has 0 radical (unpaired) electrons. The highest BCUT2D eigenvalue weighted by molar-refractivity contribution is 6.09. The topological polar surface area (TPSA) is 30.7 Å². The van der Waals surface area contributed by atoms with Crippen molar-refractivity contribution in [2.75, 3.05) is 0 Å². The van der Waals surface area contributed by atoms with E-state index in [2.05, 4.69) is 199 Å². The Bertz CT molecular complexity index is 3220. The molecule has 0 spiro atoms. The third kappa shape index (κ3) is 5.68. The van der Waals surface area contributed by atoms with Crippen molar-refractivity contribution in [1.82, 2.24) is 14.5 Å². The zero-order chi connectivity index (χ0) is 37.7. The van der Waals surface area contributed by atoms with Crippen molar-refractivity contribution in [2.45, 2.75) is 0 Å². The Morgan fingerprint density at radius 1 is 0.298 bits per heavy atom. The van der Waals surface area contributed by atoms with E-state index >= 15 is 0 Å².